The molecular weight excluding hydrogens is 268 g/mol. The molecule has 2 aromatic heterocycles. The lowest BCUT2D eigenvalue weighted by atomic mass is 10.1. The SMILES string of the molecule is O=C(O)c1ccsc1C(O)c1cc(Cl)cs1. The molecule has 6 heteroatoms. The molecule has 2 heterocycles. The monoisotopic (exact) mass is 274 g/mol. The van der Waals surface area contributed by atoms with Gasteiger partial charge in [0.25, 0.3) is 0 Å². The minimum atomic E-state index is -1.03. The van der Waals surface area contributed by atoms with E-state index < -0.39 is 12.1 Å². The van der Waals surface area contributed by atoms with E-state index in [0.717, 1.165) is 0 Å². The van der Waals surface area contributed by atoms with E-state index in [4.69, 9.17) is 16.7 Å². The summed E-state index contributed by atoms with van der Waals surface area (Å²) in [5.41, 5.74) is 0.141. The van der Waals surface area contributed by atoms with Gasteiger partial charge in [-0.15, -0.1) is 22.7 Å². The van der Waals surface area contributed by atoms with Crippen molar-refractivity contribution in [3.63, 3.8) is 0 Å². The first-order valence-corrected chi connectivity index (χ1v) is 6.46. The van der Waals surface area contributed by atoms with Gasteiger partial charge in [-0.3, -0.25) is 0 Å². The Labute approximate surface area is 105 Å². The molecule has 0 aliphatic carbocycles. The van der Waals surface area contributed by atoms with Crippen molar-refractivity contribution in [2.24, 2.45) is 0 Å². The number of rotatable bonds is 3. The van der Waals surface area contributed by atoms with Crippen LogP contribution in [0.25, 0.3) is 0 Å². The van der Waals surface area contributed by atoms with Crippen LogP contribution in [-0.2, 0) is 0 Å². The summed E-state index contributed by atoms with van der Waals surface area (Å²) >= 11 is 8.29. The number of carboxylic acid groups (broad SMARTS) is 1. The smallest absolute Gasteiger partial charge is 0.336 e. The molecule has 84 valence electrons. The number of aliphatic hydroxyl groups excluding tert-OH is 1. The van der Waals surface area contributed by atoms with E-state index in [-0.39, 0.29) is 5.56 Å². The molecule has 0 saturated heterocycles. The summed E-state index contributed by atoms with van der Waals surface area (Å²) in [6, 6.07) is 3.13. The van der Waals surface area contributed by atoms with E-state index in [1.165, 1.54) is 28.7 Å². The second kappa shape index (κ2) is 4.55. The van der Waals surface area contributed by atoms with Crippen molar-refractivity contribution >= 4 is 40.2 Å². The first kappa shape index (κ1) is 11.6. The van der Waals surface area contributed by atoms with Crippen molar-refractivity contribution in [1.82, 2.24) is 0 Å². The van der Waals surface area contributed by atoms with Gasteiger partial charge in [0.05, 0.1) is 15.5 Å². The van der Waals surface area contributed by atoms with Gasteiger partial charge < -0.3 is 10.2 Å². The van der Waals surface area contributed by atoms with Crippen LogP contribution in [0.5, 0.6) is 0 Å². The molecule has 0 fully saturated rings. The fraction of sp³-hybridized carbons (Fsp3) is 0.100. The third-order valence-electron chi connectivity index (χ3n) is 2.03. The Balaban J connectivity index is 2.37. The average molecular weight is 275 g/mol. The number of hydrogen-bond donors (Lipinski definition) is 2. The van der Waals surface area contributed by atoms with Crippen LogP contribution in [0.15, 0.2) is 22.9 Å². The molecule has 16 heavy (non-hydrogen) atoms. The number of thiophene rings is 2. The van der Waals surface area contributed by atoms with Gasteiger partial charge in [0, 0.05) is 10.3 Å². The first-order valence-electron chi connectivity index (χ1n) is 4.32. The minimum absolute atomic E-state index is 0.141. The van der Waals surface area contributed by atoms with E-state index in [0.29, 0.717) is 14.8 Å². The Morgan fingerprint density at radius 3 is 2.75 bits per heavy atom. The number of hydrogen-bond acceptors (Lipinski definition) is 4. The van der Waals surface area contributed by atoms with Gasteiger partial charge >= 0.3 is 5.97 Å². The fourth-order valence-electron chi connectivity index (χ4n) is 1.31. The molecule has 0 spiro atoms. The van der Waals surface area contributed by atoms with E-state index in [2.05, 4.69) is 0 Å². The van der Waals surface area contributed by atoms with Crippen LogP contribution in [0.4, 0.5) is 0 Å². The van der Waals surface area contributed by atoms with E-state index in [1.54, 1.807) is 16.8 Å². The van der Waals surface area contributed by atoms with E-state index in [9.17, 15) is 9.90 Å². The molecule has 0 saturated carbocycles. The number of carboxylic acids is 1. The molecule has 0 bridgehead atoms. The lowest BCUT2D eigenvalue weighted by Crippen LogP contribution is -2.03. The van der Waals surface area contributed by atoms with Gasteiger partial charge in [0.1, 0.15) is 6.10 Å². The average Bonchev–Trinajstić information content (AvgIpc) is 2.84. The first-order chi connectivity index (χ1) is 7.59. The Kier molecular flexibility index (Phi) is 3.30. The van der Waals surface area contributed by atoms with Crippen LogP contribution in [0, 0.1) is 0 Å². The zero-order chi connectivity index (χ0) is 11.7. The van der Waals surface area contributed by atoms with Crippen molar-refractivity contribution in [1.29, 1.82) is 0 Å². The summed E-state index contributed by atoms with van der Waals surface area (Å²) in [4.78, 5) is 12.0. The lowest BCUT2D eigenvalue weighted by molar-refractivity contribution is 0.0692. The Bertz CT molecular complexity index is 518. The standard InChI is InChI=1S/C10H7ClO3S2/c11-5-3-7(16-4-5)8(12)9-6(10(13)14)1-2-15-9/h1-4,8,12H,(H,13,14). The van der Waals surface area contributed by atoms with Crippen molar-refractivity contribution in [2.75, 3.05) is 0 Å². The predicted octanol–water partition coefficient (Wildman–Crippen LogP) is 3.24. The summed E-state index contributed by atoms with van der Waals surface area (Å²) in [6.45, 7) is 0. The molecule has 1 unspecified atom stereocenters. The Hall–Kier alpha value is -0.880. The fourth-order valence-corrected chi connectivity index (χ4v) is 3.35. The van der Waals surface area contributed by atoms with Crippen molar-refractivity contribution in [2.45, 2.75) is 6.10 Å². The predicted molar refractivity (Wildman–Crippen MR) is 64.7 cm³/mol. The highest BCUT2D eigenvalue weighted by Crippen LogP contribution is 2.34. The molecule has 0 aromatic carbocycles. The van der Waals surface area contributed by atoms with E-state index in [1.807, 2.05) is 0 Å². The van der Waals surface area contributed by atoms with Gasteiger partial charge in [0.2, 0.25) is 0 Å². The lowest BCUT2D eigenvalue weighted by Gasteiger charge is -2.07. The van der Waals surface area contributed by atoms with Crippen molar-refractivity contribution in [3.05, 3.63) is 43.2 Å². The third kappa shape index (κ3) is 2.12. The highest BCUT2D eigenvalue weighted by molar-refractivity contribution is 7.12. The zero-order valence-corrected chi connectivity index (χ0v) is 10.3. The van der Waals surface area contributed by atoms with Gasteiger partial charge in [-0.2, -0.15) is 0 Å². The zero-order valence-electron chi connectivity index (χ0n) is 7.88. The van der Waals surface area contributed by atoms with Crippen LogP contribution in [-0.4, -0.2) is 16.2 Å². The van der Waals surface area contributed by atoms with Crippen LogP contribution in [0.3, 0.4) is 0 Å². The summed E-state index contributed by atoms with van der Waals surface area (Å²) < 4.78 is 0. The largest absolute Gasteiger partial charge is 0.478 e. The maximum absolute atomic E-state index is 10.9. The molecule has 2 N–H and O–H groups in total. The summed E-state index contributed by atoms with van der Waals surface area (Å²) in [6.07, 6.45) is -0.913. The highest BCUT2D eigenvalue weighted by Gasteiger charge is 2.21. The number of aromatic carboxylic acids is 1. The molecule has 0 amide bonds. The second-order valence-corrected chi connectivity index (χ2v) is 5.40. The molecule has 1 atom stereocenters. The molecule has 0 aliphatic rings. The topological polar surface area (TPSA) is 57.5 Å². The van der Waals surface area contributed by atoms with Crippen LogP contribution in [0.2, 0.25) is 5.02 Å². The highest BCUT2D eigenvalue weighted by atomic mass is 35.5. The number of aliphatic hydroxyl groups is 1. The van der Waals surface area contributed by atoms with Crippen molar-refractivity contribution < 1.29 is 15.0 Å². The Morgan fingerprint density at radius 2 is 2.19 bits per heavy atom. The summed E-state index contributed by atoms with van der Waals surface area (Å²) in [7, 11) is 0. The molecular formula is C10H7ClO3S2. The second-order valence-electron chi connectivity index (χ2n) is 3.07. The van der Waals surface area contributed by atoms with Gasteiger partial charge in [-0.25, -0.2) is 4.79 Å². The number of carbonyl (C=O) groups is 1. The van der Waals surface area contributed by atoms with Gasteiger partial charge in [-0.05, 0) is 17.5 Å². The molecule has 2 rings (SSSR count). The van der Waals surface area contributed by atoms with Crippen LogP contribution < -0.4 is 0 Å². The van der Waals surface area contributed by atoms with E-state index >= 15 is 0 Å². The van der Waals surface area contributed by atoms with Crippen molar-refractivity contribution in [3.8, 4) is 0 Å². The molecule has 3 nitrogen and oxygen atoms in total. The maximum Gasteiger partial charge on any atom is 0.336 e. The normalized spacial score (nSPS) is 12.6. The quantitative estimate of drug-likeness (QED) is 0.903. The maximum atomic E-state index is 10.9. The van der Waals surface area contributed by atoms with Gasteiger partial charge in [0.15, 0.2) is 0 Å². The van der Waals surface area contributed by atoms with Crippen LogP contribution in [0.1, 0.15) is 26.2 Å². The molecule has 2 aromatic rings. The van der Waals surface area contributed by atoms with Crippen LogP contribution >= 0.6 is 34.3 Å². The summed E-state index contributed by atoms with van der Waals surface area (Å²) in [5.74, 6) is -1.03. The summed E-state index contributed by atoms with van der Waals surface area (Å²) in [5, 5.41) is 22.9. The molecule has 0 radical (unpaired) electrons. The minimum Gasteiger partial charge on any atom is -0.478 e. The van der Waals surface area contributed by atoms with Gasteiger partial charge in [-0.1, -0.05) is 11.6 Å². The third-order valence-corrected chi connectivity index (χ3v) is 4.33. The number of halogens is 1. The molecule has 0 aliphatic heterocycles. The Morgan fingerprint density at radius 1 is 1.44 bits per heavy atom.